The summed E-state index contributed by atoms with van der Waals surface area (Å²) < 4.78 is 5.93. The lowest BCUT2D eigenvalue weighted by molar-refractivity contribution is 0.0519. The Hall–Kier alpha value is -1.83. The van der Waals surface area contributed by atoms with Crippen molar-refractivity contribution in [3.8, 4) is 0 Å². The van der Waals surface area contributed by atoms with E-state index in [0.29, 0.717) is 24.0 Å². The molecule has 1 aromatic heterocycles. The SMILES string of the molecule is Nc1nc(N2CCC(N(CCc3ccc(Cl)cc3)CC3CCCO3)CC2)n[nH]1. The number of H-pyrrole nitrogens is 1. The Balaban J connectivity index is 1.36. The van der Waals surface area contributed by atoms with E-state index in [2.05, 4.69) is 37.1 Å². The Bertz CT molecular complexity index is 737. The van der Waals surface area contributed by atoms with Crippen molar-refractivity contribution in [2.75, 3.05) is 43.4 Å². The van der Waals surface area contributed by atoms with Crippen LogP contribution in [0, 0.1) is 0 Å². The molecule has 0 aliphatic carbocycles. The molecule has 1 unspecified atom stereocenters. The molecule has 2 aliphatic heterocycles. The van der Waals surface area contributed by atoms with Crippen LogP contribution in [0.2, 0.25) is 5.02 Å². The minimum absolute atomic E-state index is 0.371. The zero-order valence-corrected chi connectivity index (χ0v) is 16.9. The fourth-order valence-electron chi connectivity index (χ4n) is 4.23. The van der Waals surface area contributed by atoms with Crippen molar-refractivity contribution in [3.63, 3.8) is 0 Å². The van der Waals surface area contributed by atoms with Gasteiger partial charge in [-0.15, -0.1) is 5.10 Å². The van der Waals surface area contributed by atoms with E-state index in [0.717, 1.165) is 57.1 Å². The second-order valence-corrected chi connectivity index (χ2v) is 8.18. The van der Waals surface area contributed by atoms with E-state index in [-0.39, 0.29) is 0 Å². The molecule has 0 spiro atoms. The highest BCUT2D eigenvalue weighted by Crippen LogP contribution is 2.23. The predicted molar refractivity (Wildman–Crippen MR) is 112 cm³/mol. The highest BCUT2D eigenvalue weighted by Gasteiger charge is 2.29. The molecule has 3 N–H and O–H groups in total. The van der Waals surface area contributed by atoms with E-state index in [4.69, 9.17) is 22.1 Å². The minimum Gasteiger partial charge on any atom is -0.377 e. The number of nitrogens with one attached hydrogen (secondary N) is 1. The van der Waals surface area contributed by atoms with Gasteiger partial charge in [0.2, 0.25) is 11.9 Å². The summed E-state index contributed by atoms with van der Waals surface area (Å²) in [5.74, 6) is 1.09. The van der Waals surface area contributed by atoms with E-state index < -0.39 is 0 Å². The topological polar surface area (TPSA) is 83.3 Å². The van der Waals surface area contributed by atoms with Crippen LogP contribution in [0.1, 0.15) is 31.2 Å². The number of aromatic amines is 1. The number of anilines is 2. The van der Waals surface area contributed by atoms with Crippen LogP contribution in [0.25, 0.3) is 0 Å². The van der Waals surface area contributed by atoms with Gasteiger partial charge in [-0.25, -0.2) is 5.10 Å². The first kappa shape index (κ1) is 19.5. The fraction of sp³-hybridized carbons (Fsp3) is 0.600. The van der Waals surface area contributed by atoms with Crippen LogP contribution in [0.15, 0.2) is 24.3 Å². The fourth-order valence-corrected chi connectivity index (χ4v) is 4.36. The first-order valence-corrected chi connectivity index (χ1v) is 10.6. The number of ether oxygens (including phenoxy) is 1. The van der Waals surface area contributed by atoms with Crippen LogP contribution >= 0.6 is 11.6 Å². The maximum atomic E-state index is 6.02. The van der Waals surface area contributed by atoms with Gasteiger partial charge >= 0.3 is 0 Å². The number of nitrogens with zero attached hydrogens (tertiary/aromatic N) is 4. The maximum absolute atomic E-state index is 6.02. The van der Waals surface area contributed by atoms with Gasteiger partial charge in [0, 0.05) is 43.9 Å². The highest BCUT2D eigenvalue weighted by atomic mass is 35.5. The average molecular weight is 405 g/mol. The van der Waals surface area contributed by atoms with Crippen LogP contribution in [-0.4, -0.2) is 65.0 Å². The molecule has 0 saturated carbocycles. The third-order valence-electron chi connectivity index (χ3n) is 5.82. The number of nitrogens with two attached hydrogens (primary N) is 1. The molecule has 2 aromatic rings. The quantitative estimate of drug-likeness (QED) is 0.738. The third kappa shape index (κ3) is 4.96. The van der Waals surface area contributed by atoms with E-state index in [1.165, 1.54) is 18.4 Å². The summed E-state index contributed by atoms with van der Waals surface area (Å²) in [5, 5.41) is 7.72. The summed E-state index contributed by atoms with van der Waals surface area (Å²) >= 11 is 6.02. The van der Waals surface area contributed by atoms with Gasteiger partial charge in [0.05, 0.1) is 6.10 Å². The standard InChI is InChI=1S/C20H29ClN6O/c21-16-5-3-15(4-6-16)7-10-27(14-18-2-1-13-28-18)17-8-11-26(12-9-17)20-23-19(22)24-25-20/h3-6,17-18H,1-2,7-14H2,(H3,22,23,24,25). The average Bonchev–Trinajstić information content (AvgIpc) is 3.38. The van der Waals surface area contributed by atoms with Crippen molar-refractivity contribution in [1.82, 2.24) is 20.1 Å². The summed E-state index contributed by atoms with van der Waals surface area (Å²) in [6.45, 7) is 4.86. The molecule has 0 bridgehead atoms. The Morgan fingerprint density at radius 3 is 2.64 bits per heavy atom. The number of aromatic nitrogens is 3. The molecule has 8 heteroatoms. The Morgan fingerprint density at radius 2 is 2.00 bits per heavy atom. The largest absolute Gasteiger partial charge is 0.377 e. The first-order chi connectivity index (χ1) is 13.7. The number of hydrogen-bond donors (Lipinski definition) is 2. The zero-order chi connectivity index (χ0) is 19.3. The Labute approximate surface area is 171 Å². The molecule has 0 amide bonds. The van der Waals surface area contributed by atoms with Crippen molar-refractivity contribution in [1.29, 1.82) is 0 Å². The zero-order valence-electron chi connectivity index (χ0n) is 16.2. The van der Waals surface area contributed by atoms with Gasteiger partial charge < -0.3 is 15.4 Å². The Morgan fingerprint density at radius 1 is 1.21 bits per heavy atom. The van der Waals surface area contributed by atoms with Gasteiger partial charge in [-0.1, -0.05) is 23.7 Å². The van der Waals surface area contributed by atoms with Gasteiger partial charge in [0.25, 0.3) is 0 Å². The van der Waals surface area contributed by atoms with Crippen molar-refractivity contribution in [2.24, 2.45) is 0 Å². The number of hydrogen-bond acceptors (Lipinski definition) is 6. The van der Waals surface area contributed by atoms with Crippen LogP contribution < -0.4 is 10.6 Å². The molecule has 4 rings (SSSR count). The molecule has 2 fully saturated rings. The summed E-state index contributed by atoms with van der Waals surface area (Å²) in [6, 6.07) is 8.76. The van der Waals surface area contributed by atoms with Crippen molar-refractivity contribution in [3.05, 3.63) is 34.9 Å². The van der Waals surface area contributed by atoms with Crippen LogP contribution in [0.5, 0.6) is 0 Å². The van der Waals surface area contributed by atoms with Gasteiger partial charge in [0.1, 0.15) is 0 Å². The third-order valence-corrected chi connectivity index (χ3v) is 6.07. The molecule has 1 atom stereocenters. The number of benzene rings is 1. The van der Waals surface area contributed by atoms with Crippen molar-refractivity contribution >= 4 is 23.5 Å². The molecule has 0 radical (unpaired) electrons. The molecule has 28 heavy (non-hydrogen) atoms. The number of piperidine rings is 1. The van der Waals surface area contributed by atoms with E-state index in [1.807, 2.05) is 12.1 Å². The van der Waals surface area contributed by atoms with E-state index in [1.54, 1.807) is 0 Å². The highest BCUT2D eigenvalue weighted by molar-refractivity contribution is 6.30. The van der Waals surface area contributed by atoms with Gasteiger partial charge in [-0.05, 0) is 49.8 Å². The molecule has 152 valence electrons. The number of nitrogen functional groups attached to an aromatic ring is 1. The lowest BCUT2D eigenvalue weighted by atomic mass is 10.0. The molecular weight excluding hydrogens is 376 g/mol. The van der Waals surface area contributed by atoms with E-state index in [9.17, 15) is 0 Å². The minimum atomic E-state index is 0.371. The van der Waals surface area contributed by atoms with E-state index >= 15 is 0 Å². The molecule has 2 saturated heterocycles. The molecule has 3 heterocycles. The lowest BCUT2D eigenvalue weighted by Crippen LogP contribution is -2.48. The number of rotatable bonds is 7. The molecular formula is C20H29ClN6O. The summed E-state index contributed by atoms with van der Waals surface area (Å²) in [6.07, 6.45) is 5.95. The first-order valence-electron chi connectivity index (χ1n) is 10.2. The van der Waals surface area contributed by atoms with Gasteiger partial charge in [-0.2, -0.15) is 4.98 Å². The van der Waals surface area contributed by atoms with Crippen LogP contribution in [0.4, 0.5) is 11.9 Å². The van der Waals surface area contributed by atoms with Gasteiger partial charge in [-0.3, -0.25) is 4.90 Å². The van der Waals surface area contributed by atoms with Crippen LogP contribution in [-0.2, 0) is 11.2 Å². The monoisotopic (exact) mass is 404 g/mol. The second kappa shape index (κ2) is 9.11. The summed E-state index contributed by atoms with van der Waals surface area (Å²) in [4.78, 5) is 9.11. The smallest absolute Gasteiger partial charge is 0.246 e. The maximum Gasteiger partial charge on any atom is 0.246 e. The summed E-state index contributed by atoms with van der Waals surface area (Å²) in [7, 11) is 0. The second-order valence-electron chi connectivity index (χ2n) is 7.75. The van der Waals surface area contributed by atoms with Crippen molar-refractivity contribution < 1.29 is 4.74 Å². The van der Waals surface area contributed by atoms with Crippen LogP contribution in [0.3, 0.4) is 0 Å². The normalized spacial score (nSPS) is 20.9. The summed E-state index contributed by atoms with van der Waals surface area (Å²) in [5.41, 5.74) is 7.00. The lowest BCUT2D eigenvalue weighted by Gasteiger charge is -2.39. The molecule has 1 aromatic carbocycles. The number of halogens is 1. The molecule has 2 aliphatic rings. The molecule has 7 nitrogen and oxygen atoms in total. The predicted octanol–water partition coefficient (Wildman–Crippen LogP) is 2.73. The van der Waals surface area contributed by atoms with Crippen molar-refractivity contribution in [2.45, 2.75) is 44.2 Å². The van der Waals surface area contributed by atoms with Gasteiger partial charge in [0.15, 0.2) is 0 Å². The Kier molecular flexibility index (Phi) is 6.34.